The molecule has 3 heteroatoms. The zero-order valence-electron chi connectivity index (χ0n) is 10.7. The predicted octanol–water partition coefficient (Wildman–Crippen LogP) is 2.26. The predicted molar refractivity (Wildman–Crippen MR) is 69.1 cm³/mol. The van der Waals surface area contributed by atoms with Gasteiger partial charge in [-0.25, -0.2) is 0 Å². The maximum absolute atomic E-state index is 5.97. The Morgan fingerprint density at radius 2 is 1.94 bits per heavy atom. The van der Waals surface area contributed by atoms with Crippen LogP contribution in [-0.2, 0) is 0 Å². The quantitative estimate of drug-likeness (QED) is 0.830. The minimum absolute atomic E-state index is 0.129. The van der Waals surface area contributed by atoms with Crippen LogP contribution in [0.3, 0.4) is 0 Å². The van der Waals surface area contributed by atoms with Gasteiger partial charge in [0, 0.05) is 19.1 Å². The molecule has 0 fully saturated rings. The summed E-state index contributed by atoms with van der Waals surface area (Å²) < 4.78 is 5.33. The third-order valence-corrected chi connectivity index (χ3v) is 2.59. The smallest absolute Gasteiger partial charge is 0.142 e. The number of hydrogen-bond donors (Lipinski definition) is 1. The van der Waals surface area contributed by atoms with Crippen LogP contribution in [0.25, 0.3) is 0 Å². The first-order chi connectivity index (χ1) is 7.44. The topological polar surface area (TPSA) is 38.5 Å². The summed E-state index contributed by atoms with van der Waals surface area (Å²) in [7, 11) is 3.75. The van der Waals surface area contributed by atoms with Crippen molar-refractivity contribution in [3.8, 4) is 5.75 Å². The van der Waals surface area contributed by atoms with Crippen molar-refractivity contribution >= 4 is 5.69 Å². The lowest BCUT2D eigenvalue weighted by molar-refractivity contribution is 0.413. The molecule has 0 heterocycles. The van der Waals surface area contributed by atoms with E-state index in [-0.39, 0.29) is 5.54 Å². The molecule has 0 aliphatic carbocycles. The van der Waals surface area contributed by atoms with Gasteiger partial charge in [0.2, 0.25) is 0 Å². The summed E-state index contributed by atoms with van der Waals surface area (Å²) >= 11 is 0. The SMILES string of the molecule is COc1ccccc1N(C)CCC(C)(C)N. The summed E-state index contributed by atoms with van der Waals surface area (Å²) in [5, 5.41) is 0. The number of nitrogens with zero attached hydrogens (tertiary/aromatic N) is 1. The summed E-state index contributed by atoms with van der Waals surface area (Å²) in [4.78, 5) is 2.17. The monoisotopic (exact) mass is 222 g/mol. The van der Waals surface area contributed by atoms with E-state index in [1.807, 2.05) is 32.0 Å². The average Bonchev–Trinajstić information content (AvgIpc) is 2.25. The number of nitrogens with two attached hydrogens (primary N) is 1. The van der Waals surface area contributed by atoms with Gasteiger partial charge < -0.3 is 15.4 Å². The lowest BCUT2D eigenvalue weighted by Gasteiger charge is -2.26. The molecular weight excluding hydrogens is 200 g/mol. The second-order valence-electron chi connectivity index (χ2n) is 4.83. The number of benzene rings is 1. The van der Waals surface area contributed by atoms with Gasteiger partial charge in [-0.05, 0) is 32.4 Å². The third kappa shape index (κ3) is 3.74. The van der Waals surface area contributed by atoms with E-state index >= 15 is 0 Å². The van der Waals surface area contributed by atoms with Crippen LogP contribution in [0.2, 0.25) is 0 Å². The molecule has 16 heavy (non-hydrogen) atoms. The number of ether oxygens (including phenoxy) is 1. The largest absolute Gasteiger partial charge is 0.495 e. The fraction of sp³-hybridized carbons (Fsp3) is 0.538. The van der Waals surface area contributed by atoms with Gasteiger partial charge >= 0.3 is 0 Å². The Balaban J connectivity index is 2.69. The number of methoxy groups -OCH3 is 1. The Bertz CT molecular complexity index is 331. The fourth-order valence-corrected chi connectivity index (χ4v) is 1.52. The highest BCUT2D eigenvalue weighted by molar-refractivity contribution is 5.57. The van der Waals surface area contributed by atoms with Crippen LogP contribution in [0.5, 0.6) is 5.75 Å². The molecule has 3 nitrogen and oxygen atoms in total. The van der Waals surface area contributed by atoms with Crippen molar-refractivity contribution in [1.29, 1.82) is 0 Å². The molecule has 1 rings (SSSR count). The van der Waals surface area contributed by atoms with Crippen LogP contribution in [0, 0.1) is 0 Å². The lowest BCUT2D eigenvalue weighted by Crippen LogP contribution is -2.36. The molecule has 0 atom stereocenters. The second kappa shape index (κ2) is 5.21. The first kappa shape index (κ1) is 12.8. The number of anilines is 1. The highest BCUT2D eigenvalue weighted by Crippen LogP contribution is 2.26. The molecule has 0 aromatic heterocycles. The molecule has 0 saturated heterocycles. The first-order valence-corrected chi connectivity index (χ1v) is 5.57. The van der Waals surface area contributed by atoms with E-state index in [0.717, 1.165) is 24.4 Å². The minimum atomic E-state index is -0.129. The fourth-order valence-electron chi connectivity index (χ4n) is 1.52. The van der Waals surface area contributed by atoms with Gasteiger partial charge in [0.15, 0.2) is 0 Å². The summed E-state index contributed by atoms with van der Waals surface area (Å²) in [5.74, 6) is 0.903. The summed E-state index contributed by atoms with van der Waals surface area (Å²) in [6.07, 6.45) is 0.946. The van der Waals surface area contributed by atoms with Crippen molar-refractivity contribution in [1.82, 2.24) is 0 Å². The van der Waals surface area contributed by atoms with Gasteiger partial charge in [-0.2, -0.15) is 0 Å². The zero-order chi connectivity index (χ0) is 12.2. The van der Waals surface area contributed by atoms with Crippen LogP contribution in [0.4, 0.5) is 5.69 Å². The van der Waals surface area contributed by atoms with Crippen molar-refractivity contribution in [3.05, 3.63) is 24.3 Å². The summed E-state index contributed by atoms with van der Waals surface area (Å²) in [6.45, 7) is 5.01. The van der Waals surface area contributed by atoms with Crippen molar-refractivity contribution in [2.24, 2.45) is 5.73 Å². The van der Waals surface area contributed by atoms with Crippen LogP contribution >= 0.6 is 0 Å². The van der Waals surface area contributed by atoms with E-state index in [1.165, 1.54) is 0 Å². The molecule has 0 unspecified atom stereocenters. The molecule has 1 aromatic carbocycles. The van der Waals surface area contributed by atoms with E-state index < -0.39 is 0 Å². The normalized spacial score (nSPS) is 11.3. The summed E-state index contributed by atoms with van der Waals surface area (Å²) in [5.41, 5.74) is 6.95. The Hall–Kier alpha value is -1.22. The molecule has 0 saturated carbocycles. The van der Waals surface area contributed by atoms with Gasteiger partial charge in [0.25, 0.3) is 0 Å². The molecule has 0 amide bonds. The molecule has 1 aromatic rings. The van der Waals surface area contributed by atoms with Gasteiger partial charge in [0.05, 0.1) is 12.8 Å². The third-order valence-electron chi connectivity index (χ3n) is 2.59. The Kier molecular flexibility index (Phi) is 4.19. The molecule has 0 spiro atoms. The van der Waals surface area contributed by atoms with E-state index in [4.69, 9.17) is 10.5 Å². The highest BCUT2D eigenvalue weighted by Gasteiger charge is 2.13. The molecular formula is C13H22N2O. The molecule has 0 aliphatic heterocycles. The zero-order valence-corrected chi connectivity index (χ0v) is 10.7. The van der Waals surface area contributed by atoms with Gasteiger partial charge in [-0.3, -0.25) is 0 Å². The minimum Gasteiger partial charge on any atom is -0.495 e. The lowest BCUT2D eigenvalue weighted by atomic mass is 10.0. The van der Waals surface area contributed by atoms with E-state index in [9.17, 15) is 0 Å². The molecule has 0 bridgehead atoms. The average molecular weight is 222 g/mol. The molecule has 0 radical (unpaired) electrons. The Morgan fingerprint density at radius 3 is 2.50 bits per heavy atom. The van der Waals surface area contributed by atoms with Crippen LogP contribution in [-0.4, -0.2) is 26.2 Å². The highest BCUT2D eigenvalue weighted by atomic mass is 16.5. The van der Waals surface area contributed by atoms with E-state index in [0.29, 0.717) is 0 Å². The van der Waals surface area contributed by atoms with Crippen LogP contribution < -0.4 is 15.4 Å². The maximum atomic E-state index is 5.97. The Morgan fingerprint density at radius 1 is 1.31 bits per heavy atom. The maximum Gasteiger partial charge on any atom is 0.142 e. The van der Waals surface area contributed by atoms with E-state index in [1.54, 1.807) is 7.11 Å². The number of rotatable bonds is 5. The van der Waals surface area contributed by atoms with Crippen LogP contribution in [0.15, 0.2) is 24.3 Å². The van der Waals surface area contributed by atoms with Crippen molar-refractivity contribution < 1.29 is 4.74 Å². The van der Waals surface area contributed by atoms with Gasteiger partial charge in [0.1, 0.15) is 5.75 Å². The van der Waals surface area contributed by atoms with Gasteiger partial charge in [-0.15, -0.1) is 0 Å². The second-order valence-corrected chi connectivity index (χ2v) is 4.83. The molecule has 2 N–H and O–H groups in total. The molecule has 0 aliphatic rings. The van der Waals surface area contributed by atoms with Gasteiger partial charge in [-0.1, -0.05) is 12.1 Å². The number of para-hydroxylation sites is 2. The van der Waals surface area contributed by atoms with Crippen molar-refractivity contribution in [3.63, 3.8) is 0 Å². The molecule has 90 valence electrons. The van der Waals surface area contributed by atoms with Crippen molar-refractivity contribution in [2.75, 3.05) is 25.6 Å². The first-order valence-electron chi connectivity index (χ1n) is 5.57. The standard InChI is InChI=1S/C13H22N2O/c1-13(2,14)9-10-15(3)11-7-5-6-8-12(11)16-4/h5-8H,9-10,14H2,1-4H3. The van der Waals surface area contributed by atoms with E-state index in [2.05, 4.69) is 18.0 Å². The summed E-state index contributed by atoms with van der Waals surface area (Å²) in [6, 6.07) is 8.02. The van der Waals surface area contributed by atoms with Crippen LogP contribution in [0.1, 0.15) is 20.3 Å². The van der Waals surface area contributed by atoms with Crippen molar-refractivity contribution in [2.45, 2.75) is 25.8 Å². The number of hydrogen-bond acceptors (Lipinski definition) is 3. The Labute approximate surface area is 98.2 Å².